The lowest BCUT2D eigenvalue weighted by atomic mass is 10.1. The van der Waals surface area contributed by atoms with Crippen LogP contribution < -0.4 is 29.7 Å². The standard InChI is InChI=1S/C30H29N5O7S/c1-16-25-27(32-15-33-29(25)43-26(16)30(38)40-3)35-12-20-23(13-35)42-19-7-4-17(5-8-19)11-31-24(36)14-41-22-10-18(28(37)34-20)6-9-21(22)39-2/h4-10,15,20,23H,11-14H2,1-3H3,(H,31,36)(H,34,37)/t20-,23-/m0/s1. The first kappa shape index (κ1) is 28.2. The summed E-state index contributed by atoms with van der Waals surface area (Å²) in [4.78, 5) is 50.5. The molecule has 5 heterocycles. The molecule has 3 aliphatic rings. The van der Waals surface area contributed by atoms with E-state index in [1.807, 2.05) is 36.1 Å². The van der Waals surface area contributed by atoms with Crippen LogP contribution in [0.15, 0.2) is 48.8 Å². The number of esters is 1. The number of thiophene rings is 1. The van der Waals surface area contributed by atoms with E-state index in [1.165, 1.54) is 31.9 Å². The zero-order valence-corrected chi connectivity index (χ0v) is 24.5. The molecule has 12 nitrogen and oxygen atoms in total. The Kier molecular flexibility index (Phi) is 7.72. The highest BCUT2D eigenvalue weighted by Crippen LogP contribution is 2.37. The number of amides is 2. The van der Waals surface area contributed by atoms with Crippen molar-refractivity contribution in [3.63, 3.8) is 0 Å². The van der Waals surface area contributed by atoms with Crippen molar-refractivity contribution >= 4 is 45.2 Å². The highest BCUT2D eigenvalue weighted by Gasteiger charge is 2.38. The molecular weight excluding hydrogens is 574 g/mol. The van der Waals surface area contributed by atoms with Gasteiger partial charge in [-0.3, -0.25) is 9.59 Å². The molecule has 2 amide bonds. The molecule has 2 aromatic carbocycles. The van der Waals surface area contributed by atoms with Gasteiger partial charge in [-0.1, -0.05) is 12.1 Å². The third kappa shape index (κ3) is 5.63. The minimum atomic E-state index is -0.441. The van der Waals surface area contributed by atoms with Crippen LogP contribution in [0.5, 0.6) is 17.2 Å². The Labute approximate surface area is 250 Å². The number of benzene rings is 2. The Hall–Kier alpha value is -4.91. The first-order valence-corrected chi connectivity index (χ1v) is 14.4. The van der Waals surface area contributed by atoms with Crippen molar-refractivity contribution in [3.05, 3.63) is 70.4 Å². The number of carbonyl (C=O) groups excluding carboxylic acids is 3. The molecule has 0 radical (unpaired) electrons. The second-order valence-electron chi connectivity index (χ2n) is 10.1. The zero-order chi connectivity index (χ0) is 30.1. The van der Waals surface area contributed by atoms with Gasteiger partial charge in [-0.2, -0.15) is 0 Å². The highest BCUT2D eigenvalue weighted by molar-refractivity contribution is 7.20. The van der Waals surface area contributed by atoms with Gasteiger partial charge in [0.25, 0.3) is 11.8 Å². The summed E-state index contributed by atoms with van der Waals surface area (Å²) in [7, 11) is 2.84. The van der Waals surface area contributed by atoms with Gasteiger partial charge in [0.2, 0.25) is 0 Å². The molecule has 2 N–H and O–H groups in total. The van der Waals surface area contributed by atoms with Crippen LogP contribution in [0.25, 0.3) is 10.2 Å². The molecule has 0 spiro atoms. The Balaban J connectivity index is 1.36. The van der Waals surface area contributed by atoms with E-state index in [1.54, 1.807) is 18.2 Å². The lowest BCUT2D eigenvalue weighted by molar-refractivity contribution is -0.123. The van der Waals surface area contributed by atoms with E-state index in [0.29, 0.717) is 52.2 Å². The molecule has 43 heavy (non-hydrogen) atoms. The van der Waals surface area contributed by atoms with Crippen LogP contribution in [0.4, 0.5) is 5.82 Å². The number of methoxy groups -OCH3 is 2. The SMILES string of the molecule is COC(=O)c1sc2ncnc(N3C[C@@H]4NC(=O)c5ccc(OC)c(c5)OCC(=O)NCc5ccc(cc5)O[C@H]4C3)c2c1C. The van der Waals surface area contributed by atoms with Gasteiger partial charge in [-0.05, 0) is 48.4 Å². The predicted molar refractivity (Wildman–Crippen MR) is 158 cm³/mol. The summed E-state index contributed by atoms with van der Waals surface area (Å²) < 4.78 is 22.5. The van der Waals surface area contributed by atoms with Crippen molar-refractivity contribution in [3.8, 4) is 17.2 Å². The van der Waals surface area contributed by atoms with Crippen molar-refractivity contribution < 1.29 is 33.3 Å². The van der Waals surface area contributed by atoms with E-state index >= 15 is 0 Å². The normalized spacial score (nSPS) is 18.6. The molecule has 2 aromatic heterocycles. The van der Waals surface area contributed by atoms with Gasteiger partial charge >= 0.3 is 5.97 Å². The van der Waals surface area contributed by atoms with Gasteiger partial charge in [0.05, 0.1) is 32.2 Å². The van der Waals surface area contributed by atoms with Gasteiger partial charge in [-0.25, -0.2) is 14.8 Å². The monoisotopic (exact) mass is 603 g/mol. The number of anilines is 1. The van der Waals surface area contributed by atoms with Crippen LogP contribution in [0, 0.1) is 6.92 Å². The fourth-order valence-corrected chi connectivity index (χ4v) is 6.28. The molecule has 4 aromatic rings. The first-order chi connectivity index (χ1) is 20.8. The summed E-state index contributed by atoms with van der Waals surface area (Å²) >= 11 is 1.26. The average molecular weight is 604 g/mol. The van der Waals surface area contributed by atoms with Crippen molar-refractivity contribution in [2.24, 2.45) is 0 Å². The van der Waals surface area contributed by atoms with E-state index in [2.05, 4.69) is 20.6 Å². The van der Waals surface area contributed by atoms with Crippen molar-refractivity contribution in [1.82, 2.24) is 20.6 Å². The largest absolute Gasteiger partial charge is 0.493 e. The molecule has 7 rings (SSSR count). The molecule has 2 atom stereocenters. The van der Waals surface area contributed by atoms with E-state index in [-0.39, 0.29) is 24.2 Å². The van der Waals surface area contributed by atoms with Gasteiger partial charge in [0.15, 0.2) is 18.1 Å². The summed E-state index contributed by atoms with van der Waals surface area (Å²) in [6.07, 6.45) is 1.03. The molecule has 3 aliphatic heterocycles. The highest BCUT2D eigenvalue weighted by atomic mass is 32.1. The van der Waals surface area contributed by atoms with Gasteiger partial charge in [-0.15, -0.1) is 11.3 Å². The third-order valence-corrected chi connectivity index (χ3v) is 8.62. The van der Waals surface area contributed by atoms with Gasteiger partial charge in [0.1, 0.15) is 33.7 Å². The molecule has 1 fully saturated rings. The fourth-order valence-electron chi connectivity index (χ4n) is 5.22. The van der Waals surface area contributed by atoms with E-state index in [4.69, 9.17) is 18.9 Å². The predicted octanol–water partition coefficient (Wildman–Crippen LogP) is 2.87. The maximum absolute atomic E-state index is 13.5. The van der Waals surface area contributed by atoms with Crippen LogP contribution in [0.1, 0.15) is 31.2 Å². The van der Waals surface area contributed by atoms with Crippen LogP contribution in [0.2, 0.25) is 0 Å². The van der Waals surface area contributed by atoms with Crippen LogP contribution in [-0.4, -0.2) is 73.8 Å². The summed E-state index contributed by atoms with van der Waals surface area (Å²) in [5.41, 5.74) is 1.96. The van der Waals surface area contributed by atoms with Crippen LogP contribution >= 0.6 is 11.3 Å². The van der Waals surface area contributed by atoms with E-state index in [0.717, 1.165) is 16.5 Å². The lowest BCUT2D eigenvalue weighted by Crippen LogP contribution is -2.45. The average Bonchev–Trinajstić information content (AvgIpc) is 3.58. The number of nitrogens with one attached hydrogen (secondary N) is 2. The molecule has 0 aliphatic carbocycles. The van der Waals surface area contributed by atoms with E-state index in [9.17, 15) is 14.4 Å². The summed E-state index contributed by atoms with van der Waals surface area (Å²) in [5.74, 6) is 0.859. The summed E-state index contributed by atoms with van der Waals surface area (Å²) in [6, 6.07) is 11.8. The maximum atomic E-state index is 13.5. The molecule has 1 saturated heterocycles. The Morgan fingerprint density at radius 3 is 2.67 bits per heavy atom. The number of ether oxygens (including phenoxy) is 4. The molecule has 13 heteroatoms. The number of hydrogen-bond acceptors (Lipinski definition) is 11. The number of nitrogens with zero attached hydrogens (tertiary/aromatic N) is 3. The second-order valence-corrected chi connectivity index (χ2v) is 11.1. The molecule has 0 saturated carbocycles. The number of rotatable bonds is 3. The molecule has 222 valence electrons. The number of hydrogen-bond donors (Lipinski definition) is 2. The Morgan fingerprint density at radius 2 is 1.91 bits per heavy atom. The van der Waals surface area contributed by atoms with Crippen molar-refractivity contribution in [2.75, 3.05) is 38.8 Å². The topological polar surface area (TPSA) is 141 Å². The maximum Gasteiger partial charge on any atom is 0.348 e. The summed E-state index contributed by atoms with van der Waals surface area (Å²) in [5, 5.41) is 6.71. The molecule has 4 bridgehead atoms. The van der Waals surface area contributed by atoms with Crippen molar-refractivity contribution in [2.45, 2.75) is 25.6 Å². The first-order valence-electron chi connectivity index (χ1n) is 13.6. The summed E-state index contributed by atoms with van der Waals surface area (Å²) in [6.45, 7) is 2.73. The van der Waals surface area contributed by atoms with E-state index < -0.39 is 18.1 Å². The minimum Gasteiger partial charge on any atom is -0.493 e. The third-order valence-electron chi connectivity index (χ3n) is 7.44. The number of fused-ring (bicyclic) bond motifs is 8. The smallest absolute Gasteiger partial charge is 0.348 e. The number of aromatic nitrogens is 2. The van der Waals surface area contributed by atoms with Crippen molar-refractivity contribution in [1.29, 1.82) is 0 Å². The lowest BCUT2D eigenvalue weighted by Gasteiger charge is -2.21. The Morgan fingerprint density at radius 1 is 1.09 bits per heavy atom. The molecule has 0 unspecified atom stereocenters. The minimum absolute atomic E-state index is 0.241. The van der Waals surface area contributed by atoms with Crippen LogP contribution in [-0.2, 0) is 16.1 Å². The van der Waals surface area contributed by atoms with Gasteiger partial charge in [0, 0.05) is 18.7 Å². The van der Waals surface area contributed by atoms with Crippen LogP contribution in [0.3, 0.4) is 0 Å². The molecular formula is C30H29N5O7S. The number of aryl methyl sites for hydroxylation is 1. The van der Waals surface area contributed by atoms with Gasteiger partial charge < -0.3 is 34.5 Å². The number of carbonyl (C=O) groups is 3. The Bertz CT molecular complexity index is 1710. The second kappa shape index (κ2) is 11.8. The zero-order valence-electron chi connectivity index (χ0n) is 23.7. The fraction of sp³-hybridized carbons (Fsp3) is 0.300. The quantitative estimate of drug-likeness (QED) is 0.336.